The molecule has 1 atom stereocenters. The van der Waals surface area contributed by atoms with Crippen molar-refractivity contribution in [3.8, 4) is 5.75 Å². The van der Waals surface area contributed by atoms with E-state index < -0.39 is 6.04 Å². The zero-order valence-electron chi connectivity index (χ0n) is 19.7. The van der Waals surface area contributed by atoms with Gasteiger partial charge in [0.05, 0.1) is 23.6 Å². The number of benzene rings is 2. The Labute approximate surface area is 194 Å². The van der Waals surface area contributed by atoms with Gasteiger partial charge in [0.15, 0.2) is 5.43 Å². The number of hydrogen-bond acceptors (Lipinski definition) is 5. The molecule has 0 fully saturated rings. The quantitative estimate of drug-likeness (QED) is 0.443. The second kappa shape index (κ2) is 10.2. The van der Waals surface area contributed by atoms with E-state index in [9.17, 15) is 9.59 Å². The molecule has 2 heterocycles. The molecule has 1 amide bonds. The number of rotatable bonds is 10. The van der Waals surface area contributed by atoms with Gasteiger partial charge in [-0.2, -0.15) is 0 Å². The predicted octanol–water partition coefficient (Wildman–Crippen LogP) is 4.86. The van der Waals surface area contributed by atoms with Gasteiger partial charge in [-0.15, -0.1) is 0 Å². The van der Waals surface area contributed by atoms with Crippen LogP contribution >= 0.6 is 0 Å². The van der Waals surface area contributed by atoms with Gasteiger partial charge in [0.25, 0.3) is 5.91 Å². The molecule has 0 saturated carbocycles. The average molecular weight is 449 g/mol. The number of hydrogen-bond donors (Lipinski definition) is 0. The Morgan fingerprint density at radius 2 is 1.82 bits per heavy atom. The lowest BCUT2D eigenvalue weighted by Gasteiger charge is -2.27. The van der Waals surface area contributed by atoms with Gasteiger partial charge < -0.3 is 19.0 Å². The normalized spacial score (nSPS) is 15.5. The second-order valence-electron chi connectivity index (χ2n) is 8.37. The van der Waals surface area contributed by atoms with E-state index in [0.29, 0.717) is 29.7 Å². The summed E-state index contributed by atoms with van der Waals surface area (Å²) in [6, 6.07) is 14.4. The van der Waals surface area contributed by atoms with Crippen LogP contribution in [0.3, 0.4) is 0 Å². The van der Waals surface area contributed by atoms with E-state index in [1.54, 1.807) is 17.0 Å². The number of ether oxygens (including phenoxy) is 1. The zero-order chi connectivity index (χ0) is 23.4. The van der Waals surface area contributed by atoms with Gasteiger partial charge in [0, 0.05) is 6.54 Å². The molecule has 1 aliphatic rings. The summed E-state index contributed by atoms with van der Waals surface area (Å²) in [7, 11) is 0. The van der Waals surface area contributed by atoms with Crippen molar-refractivity contribution < 1.29 is 13.9 Å². The summed E-state index contributed by atoms with van der Waals surface area (Å²) in [6.07, 6.45) is 1.72. The third-order valence-corrected chi connectivity index (χ3v) is 6.29. The van der Waals surface area contributed by atoms with Crippen LogP contribution in [0.2, 0.25) is 0 Å². The van der Waals surface area contributed by atoms with E-state index in [-0.39, 0.29) is 17.1 Å². The van der Waals surface area contributed by atoms with Crippen molar-refractivity contribution in [2.75, 3.05) is 32.8 Å². The molecule has 174 valence electrons. The summed E-state index contributed by atoms with van der Waals surface area (Å²) >= 11 is 0. The SMILES string of the molecule is CCCOc1cccc([C@H]2c3c(oc4ccccc4c3=O)C(=O)N2CCCN(CC)CC)c1. The minimum absolute atomic E-state index is 0.142. The summed E-state index contributed by atoms with van der Waals surface area (Å²) < 4.78 is 11.8. The lowest BCUT2D eigenvalue weighted by Crippen LogP contribution is -2.33. The monoisotopic (exact) mass is 448 g/mol. The Kier molecular flexibility index (Phi) is 7.14. The van der Waals surface area contributed by atoms with Gasteiger partial charge in [-0.1, -0.05) is 45.0 Å². The van der Waals surface area contributed by atoms with E-state index in [0.717, 1.165) is 43.8 Å². The molecule has 6 heteroatoms. The van der Waals surface area contributed by atoms with E-state index in [4.69, 9.17) is 9.15 Å². The summed E-state index contributed by atoms with van der Waals surface area (Å²) in [5.74, 6) is 0.673. The van der Waals surface area contributed by atoms with Crippen molar-refractivity contribution in [2.24, 2.45) is 0 Å². The molecule has 6 nitrogen and oxygen atoms in total. The van der Waals surface area contributed by atoms with E-state index >= 15 is 0 Å². The molecule has 0 N–H and O–H groups in total. The molecule has 0 aliphatic carbocycles. The van der Waals surface area contributed by atoms with Crippen LogP contribution < -0.4 is 10.2 Å². The van der Waals surface area contributed by atoms with Gasteiger partial charge in [-0.3, -0.25) is 9.59 Å². The molecule has 33 heavy (non-hydrogen) atoms. The molecule has 2 aromatic carbocycles. The molecule has 1 aliphatic heterocycles. The predicted molar refractivity (Wildman–Crippen MR) is 130 cm³/mol. The summed E-state index contributed by atoms with van der Waals surface area (Å²) in [4.78, 5) is 31.2. The summed E-state index contributed by atoms with van der Waals surface area (Å²) in [5, 5.41) is 0.498. The van der Waals surface area contributed by atoms with Crippen LogP contribution in [0.1, 0.15) is 61.3 Å². The third-order valence-electron chi connectivity index (χ3n) is 6.29. The molecule has 4 rings (SSSR count). The molecule has 0 radical (unpaired) electrons. The van der Waals surface area contributed by atoms with Crippen LogP contribution in [0.4, 0.5) is 0 Å². The maximum Gasteiger partial charge on any atom is 0.290 e. The third kappa shape index (κ3) is 4.53. The van der Waals surface area contributed by atoms with Crippen LogP contribution in [-0.2, 0) is 0 Å². The number of nitrogens with zero attached hydrogens (tertiary/aromatic N) is 2. The Bertz CT molecular complexity index is 1180. The first-order chi connectivity index (χ1) is 16.1. The molecule has 0 spiro atoms. The van der Waals surface area contributed by atoms with Crippen molar-refractivity contribution in [2.45, 2.75) is 39.7 Å². The number of carbonyl (C=O) groups excluding carboxylic acids is 1. The van der Waals surface area contributed by atoms with Crippen LogP contribution in [0, 0.1) is 0 Å². The standard InChI is InChI=1S/C27H32N2O4/c1-4-17-32-20-12-9-11-19(18-20)24-23-25(30)21-13-7-8-14-22(21)33-26(23)27(31)29(24)16-10-15-28(5-2)6-3/h7-9,11-14,18,24H,4-6,10,15-17H2,1-3H3/t24-/m0/s1. The van der Waals surface area contributed by atoms with Crippen LogP contribution in [-0.4, -0.2) is 48.5 Å². The number of para-hydroxylation sites is 1. The lowest BCUT2D eigenvalue weighted by atomic mass is 9.98. The highest BCUT2D eigenvalue weighted by Crippen LogP contribution is 2.39. The lowest BCUT2D eigenvalue weighted by molar-refractivity contribution is 0.0720. The van der Waals surface area contributed by atoms with Gasteiger partial charge in [0.1, 0.15) is 11.3 Å². The topological polar surface area (TPSA) is 63.0 Å². The first kappa shape index (κ1) is 23.1. The first-order valence-corrected chi connectivity index (χ1v) is 11.9. The van der Waals surface area contributed by atoms with Crippen molar-refractivity contribution in [1.29, 1.82) is 0 Å². The van der Waals surface area contributed by atoms with Gasteiger partial charge >= 0.3 is 0 Å². The molecular weight excluding hydrogens is 416 g/mol. The minimum Gasteiger partial charge on any atom is -0.494 e. The first-order valence-electron chi connectivity index (χ1n) is 11.9. The molecule has 0 saturated heterocycles. The Hall–Kier alpha value is -3.12. The smallest absolute Gasteiger partial charge is 0.290 e. The van der Waals surface area contributed by atoms with Crippen molar-refractivity contribution in [1.82, 2.24) is 9.80 Å². The van der Waals surface area contributed by atoms with Crippen molar-refractivity contribution >= 4 is 16.9 Å². The number of carbonyl (C=O) groups is 1. The fourth-order valence-corrected chi connectivity index (χ4v) is 4.54. The highest BCUT2D eigenvalue weighted by Gasteiger charge is 2.42. The van der Waals surface area contributed by atoms with Gasteiger partial charge in [-0.05, 0) is 62.3 Å². The van der Waals surface area contributed by atoms with E-state index in [1.807, 2.05) is 36.4 Å². The molecule has 3 aromatic rings. The highest BCUT2D eigenvalue weighted by molar-refractivity contribution is 5.99. The highest BCUT2D eigenvalue weighted by atomic mass is 16.5. The molecular formula is C27H32N2O4. The van der Waals surface area contributed by atoms with Crippen molar-refractivity contribution in [3.05, 3.63) is 75.6 Å². The van der Waals surface area contributed by atoms with Gasteiger partial charge in [0.2, 0.25) is 5.76 Å². The number of fused-ring (bicyclic) bond motifs is 2. The van der Waals surface area contributed by atoms with Crippen LogP contribution in [0.5, 0.6) is 5.75 Å². The van der Waals surface area contributed by atoms with Crippen molar-refractivity contribution in [3.63, 3.8) is 0 Å². The minimum atomic E-state index is -0.491. The van der Waals surface area contributed by atoms with Crippen LogP contribution in [0.25, 0.3) is 11.0 Å². The van der Waals surface area contributed by atoms with E-state index in [2.05, 4.69) is 25.7 Å². The molecule has 0 unspecified atom stereocenters. The molecule has 1 aromatic heterocycles. The molecule has 0 bridgehead atoms. The maximum absolute atomic E-state index is 13.5. The largest absolute Gasteiger partial charge is 0.494 e. The average Bonchev–Trinajstić information content (AvgIpc) is 3.12. The summed E-state index contributed by atoms with van der Waals surface area (Å²) in [6.45, 7) is 10.3. The maximum atomic E-state index is 13.5. The fourth-order valence-electron chi connectivity index (χ4n) is 4.54. The zero-order valence-corrected chi connectivity index (χ0v) is 19.7. The summed E-state index contributed by atoms with van der Waals surface area (Å²) in [5.41, 5.74) is 1.59. The fraction of sp³-hybridized carbons (Fsp3) is 0.407. The number of amides is 1. The van der Waals surface area contributed by atoms with E-state index in [1.165, 1.54) is 0 Å². The van der Waals surface area contributed by atoms with Gasteiger partial charge in [-0.25, -0.2) is 0 Å². The second-order valence-corrected chi connectivity index (χ2v) is 8.37. The Morgan fingerprint density at radius 1 is 1.03 bits per heavy atom. The Morgan fingerprint density at radius 3 is 2.58 bits per heavy atom. The van der Waals surface area contributed by atoms with Crippen LogP contribution in [0.15, 0.2) is 57.7 Å². The Balaban J connectivity index is 1.77.